The van der Waals surface area contributed by atoms with Gasteiger partial charge < -0.3 is 15.3 Å². The monoisotopic (exact) mass is 216 g/mol. The van der Waals surface area contributed by atoms with Crippen LogP contribution < -0.4 is 5.32 Å². The minimum Gasteiger partial charge on any atom is -0.481 e. The minimum absolute atomic E-state index is 0.0367. The summed E-state index contributed by atoms with van der Waals surface area (Å²) in [6.07, 6.45) is -0.0367. The third kappa shape index (κ3) is 6.76. The molecule has 0 aromatic heterocycles. The lowest BCUT2D eigenvalue weighted by molar-refractivity contribution is -0.136. The zero-order valence-corrected chi connectivity index (χ0v) is 9.62. The molecular formula is C10H20N2O3. The van der Waals surface area contributed by atoms with Crippen LogP contribution >= 0.6 is 0 Å². The number of nitrogens with zero attached hydrogens (tertiary/aromatic N) is 1. The quantitative estimate of drug-likeness (QED) is 0.699. The van der Waals surface area contributed by atoms with Gasteiger partial charge in [0.1, 0.15) is 0 Å². The highest BCUT2D eigenvalue weighted by atomic mass is 16.4. The Morgan fingerprint density at radius 1 is 1.40 bits per heavy atom. The molecule has 0 bridgehead atoms. The van der Waals surface area contributed by atoms with Gasteiger partial charge >= 0.3 is 12.0 Å². The zero-order chi connectivity index (χ0) is 11.8. The number of hydrogen-bond acceptors (Lipinski definition) is 2. The van der Waals surface area contributed by atoms with Crippen LogP contribution in [0.5, 0.6) is 0 Å². The molecule has 5 heteroatoms. The second-order valence-electron chi connectivity index (χ2n) is 3.81. The van der Waals surface area contributed by atoms with Crippen molar-refractivity contribution in [3.05, 3.63) is 0 Å². The SMILES string of the molecule is CCN(CC(C)C)C(=O)NCCC(=O)O. The molecule has 0 saturated carbocycles. The Labute approximate surface area is 90.5 Å². The molecule has 0 fully saturated rings. The van der Waals surface area contributed by atoms with E-state index in [1.54, 1.807) is 4.90 Å². The van der Waals surface area contributed by atoms with E-state index >= 15 is 0 Å². The van der Waals surface area contributed by atoms with Crippen molar-refractivity contribution < 1.29 is 14.7 Å². The summed E-state index contributed by atoms with van der Waals surface area (Å²) in [6.45, 7) is 7.48. The van der Waals surface area contributed by atoms with E-state index in [2.05, 4.69) is 5.32 Å². The lowest BCUT2D eigenvalue weighted by Gasteiger charge is -2.23. The standard InChI is InChI=1S/C10H20N2O3/c1-4-12(7-8(2)3)10(15)11-6-5-9(13)14/h8H,4-7H2,1-3H3,(H,11,15)(H,13,14). The van der Waals surface area contributed by atoms with Crippen LogP contribution in [0.4, 0.5) is 4.79 Å². The molecule has 0 aliphatic carbocycles. The third-order valence-electron chi connectivity index (χ3n) is 1.87. The lowest BCUT2D eigenvalue weighted by atomic mass is 10.2. The molecule has 0 aromatic rings. The highest BCUT2D eigenvalue weighted by Gasteiger charge is 2.12. The topological polar surface area (TPSA) is 69.6 Å². The Morgan fingerprint density at radius 3 is 2.40 bits per heavy atom. The zero-order valence-electron chi connectivity index (χ0n) is 9.62. The molecular weight excluding hydrogens is 196 g/mol. The van der Waals surface area contributed by atoms with Crippen molar-refractivity contribution in [3.63, 3.8) is 0 Å². The highest BCUT2D eigenvalue weighted by Crippen LogP contribution is 1.98. The van der Waals surface area contributed by atoms with Gasteiger partial charge in [-0.05, 0) is 12.8 Å². The molecule has 0 radical (unpaired) electrons. The summed E-state index contributed by atoms with van der Waals surface area (Å²) in [5.41, 5.74) is 0. The van der Waals surface area contributed by atoms with E-state index in [-0.39, 0.29) is 19.0 Å². The van der Waals surface area contributed by atoms with Crippen molar-refractivity contribution in [2.24, 2.45) is 5.92 Å². The molecule has 2 amide bonds. The molecule has 0 unspecified atom stereocenters. The predicted molar refractivity (Wildman–Crippen MR) is 57.7 cm³/mol. The van der Waals surface area contributed by atoms with Gasteiger partial charge in [0.2, 0.25) is 0 Å². The first-order valence-corrected chi connectivity index (χ1v) is 5.22. The van der Waals surface area contributed by atoms with Gasteiger partial charge in [-0.1, -0.05) is 13.8 Å². The molecule has 0 aromatic carbocycles. The second kappa shape index (κ2) is 7.09. The van der Waals surface area contributed by atoms with Crippen LogP contribution in [0.2, 0.25) is 0 Å². The molecule has 0 spiro atoms. The third-order valence-corrected chi connectivity index (χ3v) is 1.87. The number of urea groups is 1. The van der Waals surface area contributed by atoms with Crippen LogP contribution in [0.15, 0.2) is 0 Å². The number of carbonyl (C=O) groups is 2. The summed E-state index contributed by atoms with van der Waals surface area (Å²) in [6, 6.07) is -0.188. The Kier molecular flexibility index (Phi) is 6.49. The lowest BCUT2D eigenvalue weighted by Crippen LogP contribution is -2.42. The van der Waals surface area contributed by atoms with Gasteiger partial charge in [0.15, 0.2) is 0 Å². The number of nitrogens with one attached hydrogen (secondary N) is 1. The maximum Gasteiger partial charge on any atom is 0.317 e. The fourth-order valence-corrected chi connectivity index (χ4v) is 1.18. The average molecular weight is 216 g/mol. The van der Waals surface area contributed by atoms with Crippen LogP contribution in [-0.4, -0.2) is 41.6 Å². The maximum absolute atomic E-state index is 11.5. The largest absolute Gasteiger partial charge is 0.481 e. The molecule has 2 N–H and O–H groups in total. The molecule has 15 heavy (non-hydrogen) atoms. The molecule has 0 saturated heterocycles. The van der Waals surface area contributed by atoms with Crippen LogP contribution in [0.1, 0.15) is 27.2 Å². The van der Waals surface area contributed by atoms with E-state index in [4.69, 9.17) is 5.11 Å². The summed E-state index contributed by atoms with van der Waals surface area (Å²) in [5.74, 6) is -0.489. The van der Waals surface area contributed by atoms with Crippen molar-refractivity contribution in [1.29, 1.82) is 0 Å². The van der Waals surface area contributed by atoms with E-state index in [1.807, 2.05) is 20.8 Å². The number of carboxylic acid groups (broad SMARTS) is 1. The Morgan fingerprint density at radius 2 is 2.00 bits per heavy atom. The Balaban J connectivity index is 3.88. The minimum atomic E-state index is -0.901. The van der Waals surface area contributed by atoms with Crippen molar-refractivity contribution in [2.75, 3.05) is 19.6 Å². The average Bonchev–Trinajstić information content (AvgIpc) is 2.13. The van der Waals surface area contributed by atoms with E-state index in [0.717, 1.165) is 0 Å². The van der Waals surface area contributed by atoms with E-state index < -0.39 is 5.97 Å². The fraction of sp³-hybridized carbons (Fsp3) is 0.800. The normalized spacial score (nSPS) is 10.1. The van der Waals surface area contributed by atoms with Gasteiger partial charge in [-0.15, -0.1) is 0 Å². The van der Waals surface area contributed by atoms with Crippen molar-refractivity contribution in [3.8, 4) is 0 Å². The number of aliphatic carboxylic acids is 1. The van der Waals surface area contributed by atoms with Gasteiger partial charge in [0.25, 0.3) is 0 Å². The smallest absolute Gasteiger partial charge is 0.317 e. The van der Waals surface area contributed by atoms with Crippen LogP contribution in [0, 0.1) is 5.92 Å². The van der Waals surface area contributed by atoms with E-state index in [0.29, 0.717) is 19.0 Å². The summed E-state index contributed by atoms with van der Waals surface area (Å²) in [5, 5.41) is 11.0. The number of carbonyl (C=O) groups excluding carboxylic acids is 1. The summed E-state index contributed by atoms with van der Waals surface area (Å²) >= 11 is 0. The molecule has 0 aliphatic heterocycles. The Hall–Kier alpha value is -1.26. The molecule has 0 aliphatic rings. The molecule has 88 valence electrons. The number of amides is 2. The first kappa shape index (κ1) is 13.7. The first-order chi connectivity index (χ1) is 6.97. The molecule has 0 heterocycles. The van der Waals surface area contributed by atoms with Crippen molar-refractivity contribution >= 4 is 12.0 Å². The molecule has 0 atom stereocenters. The number of hydrogen-bond donors (Lipinski definition) is 2. The van der Waals surface area contributed by atoms with Gasteiger partial charge in [-0.3, -0.25) is 4.79 Å². The van der Waals surface area contributed by atoms with E-state index in [1.165, 1.54) is 0 Å². The van der Waals surface area contributed by atoms with E-state index in [9.17, 15) is 9.59 Å². The Bertz CT molecular complexity index is 217. The van der Waals surface area contributed by atoms with Crippen LogP contribution in [-0.2, 0) is 4.79 Å². The maximum atomic E-state index is 11.5. The van der Waals surface area contributed by atoms with Gasteiger partial charge in [0, 0.05) is 19.6 Å². The van der Waals surface area contributed by atoms with Gasteiger partial charge in [-0.2, -0.15) is 0 Å². The number of carboxylic acids is 1. The number of rotatable bonds is 6. The van der Waals surface area contributed by atoms with Crippen molar-refractivity contribution in [2.45, 2.75) is 27.2 Å². The summed E-state index contributed by atoms with van der Waals surface area (Å²) in [4.78, 5) is 23.4. The second-order valence-corrected chi connectivity index (χ2v) is 3.81. The summed E-state index contributed by atoms with van der Waals surface area (Å²) < 4.78 is 0. The van der Waals surface area contributed by atoms with Crippen LogP contribution in [0.3, 0.4) is 0 Å². The van der Waals surface area contributed by atoms with Gasteiger partial charge in [-0.25, -0.2) is 4.79 Å². The predicted octanol–water partition coefficient (Wildman–Crippen LogP) is 1.15. The molecule has 5 nitrogen and oxygen atoms in total. The fourth-order valence-electron chi connectivity index (χ4n) is 1.18. The van der Waals surface area contributed by atoms with Crippen molar-refractivity contribution in [1.82, 2.24) is 10.2 Å². The van der Waals surface area contributed by atoms with Crippen LogP contribution in [0.25, 0.3) is 0 Å². The highest BCUT2D eigenvalue weighted by molar-refractivity contribution is 5.75. The summed E-state index contributed by atoms with van der Waals surface area (Å²) in [7, 11) is 0. The molecule has 0 rings (SSSR count). The first-order valence-electron chi connectivity index (χ1n) is 5.22. The van der Waals surface area contributed by atoms with Gasteiger partial charge in [0.05, 0.1) is 6.42 Å².